The van der Waals surface area contributed by atoms with Crippen LogP contribution in [0.25, 0.3) is 0 Å². The molecule has 1 aliphatic rings. The quantitative estimate of drug-likeness (QED) is 0.933. The van der Waals surface area contributed by atoms with E-state index in [0.29, 0.717) is 0 Å². The van der Waals surface area contributed by atoms with E-state index in [2.05, 4.69) is 26.2 Å². The maximum Gasteiger partial charge on any atom is 0.244 e. The molecule has 0 radical (unpaired) electrons. The van der Waals surface area contributed by atoms with Crippen molar-refractivity contribution in [2.45, 2.75) is 32.2 Å². The summed E-state index contributed by atoms with van der Waals surface area (Å²) in [6.45, 7) is 3.66. The number of hydrogen-bond donors (Lipinski definition) is 1. The molecule has 0 bridgehead atoms. The number of piperidine rings is 1. The predicted octanol–water partition coefficient (Wildman–Crippen LogP) is 2.66. The van der Waals surface area contributed by atoms with E-state index in [1.165, 1.54) is 6.42 Å². The zero-order valence-electron chi connectivity index (χ0n) is 10.5. The van der Waals surface area contributed by atoms with Gasteiger partial charge >= 0.3 is 0 Å². The number of carbonyl (C=O) groups excluding carboxylic acids is 1. The van der Waals surface area contributed by atoms with Crippen molar-refractivity contribution in [1.29, 1.82) is 0 Å². The van der Waals surface area contributed by atoms with Gasteiger partial charge in [0, 0.05) is 23.8 Å². The highest BCUT2D eigenvalue weighted by molar-refractivity contribution is 9.10. The summed E-state index contributed by atoms with van der Waals surface area (Å²) >= 11 is 3.34. The Kier molecular flexibility index (Phi) is 4.58. The van der Waals surface area contributed by atoms with Gasteiger partial charge in [0.1, 0.15) is 11.9 Å². The minimum Gasteiger partial charge on any atom is -0.359 e. The number of halogens is 1. The maximum absolute atomic E-state index is 12.2. The molecule has 0 aromatic carbocycles. The monoisotopic (exact) mass is 311 g/mol. The summed E-state index contributed by atoms with van der Waals surface area (Å²) in [5, 5.41) is 3.14. The van der Waals surface area contributed by atoms with E-state index in [1.54, 1.807) is 6.20 Å². The van der Waals surface area contributed by atoms with Crippen molar-refractivity contribution >= 4 is 27.7 Å². The molecule has 4 nitrogen and oxygen atoms in total. The lowest BCUT2D eigenvalue weighted by atomic mass is 10.1. The lowest BCUT2D eigenvalue weighted by Crippen LogP contribution is -2.44. The molecule has 18 heavy (non-hydrogen) atoms. The summed E-state index contributed by atoms with van der Waals surface area (Å²) in [5.41, 5.74) is 0. The number of aromatic nitrogens is 1. The first-order chi connectivity index (χ1) is 8.66. The SMILES string of the molecule is CC(Nc1ccc(Br)cn1)C(=O)N1CCCCC1. The highest BCUT2D eigenvalue weighted by Crippen LogP contribution is 2.14. The smallest absolute Gasteiger partial charge is 0.244 e. The van der Waals surface area contributed by atoms with Crippen molar-refractivity contribution < 1.29 is 4.79 Å². The van der Waals surface area contributed by atoms with Crippen LogP contribution in [0, 0.1) is 0 Å². The Balaban J connectivity index is 1.92. The van der Waals surface area contributed by atoms with Crippen LogP contribution < -0.4 is 5.32 Å². The second kappa shape index (κ2) is 6.18. The molecule has 1 saturated heterocycles. The molecule has 1 aromatic rings. The van der Waals surface area contributed by atoms with Crippen molar-refractivity contribution in [2.24, 2.45) is 0 Å². The minimum atomic E-state index is -0.225. The Bertz CT molecular complexity index is 401. The Hall–Kier alpha value is -1.10. The summed E-state index contributed by atoms with van der Waals surface area (Å²) < 4.78 is 0.933. The van der Waals surface area contributed by atoms with Crippen molar-refractivity contribution in [3.05, 3.63) is 22.8 Å². The highest BCUT2D eigenvalue weighted by atomic mass is 79.9. The van der Waals surface area contributed by atoms with Gasteiger partial charge in [0.15, 0.2) is 0 Å². The van der Waals surface area contributed by atoms with Crippen LogP contribution in [0.3, 0.4) is 0 Å². The molecule has 0 saturated carbocycles. The zero-order chi connectivity index (χ0) is 13.0. The number of hydrogen-bond acceptors (Lipinski definition) is 3. The van der Waals surface area contributed by atoms with Gasteiger partial charge in [-0.1, -0.05) is 0 Å². The minimum absolute atomic E-state index is 0.166. The number of nitrogens with zero attached hydrogens (tertiary/aromatic N) is 2. The Morgan fingerprint density at radius 2 is 2.11 bits per heavy atom. The van der Waals surface area contributed by atoms with Crippen molar-refractivity contribution in [3.63, 3.8) is 0 Å². The van der Waals surface area contributed by atoms with Crippen LogP contribution in [0.5, 0.6) is 0 Å². The van der Waals surface area contributed by atoms with E-state index in [9.17, 15) is 4.79 Å². The van der Waals surface area contributed by atoms with Gasteiger partial charge < -0.3 is 10.2 Å². The van der Waals surface area contributed by atoms with Gasteiger partial charge in [-0.2, -0.15) is 0 Å². The molecule has 1 unspecified atom stereocenters. The number of pyridine rings is 1. The molecule has 2 rings (SSSR count). The van der Waals surface area contributed by atoms with Crippen LogP contribution >= 0.6 is 15.9 Å². The molecule has 1 atom stereocenters. The Morgan fingerprint density at radius 3 is 2.72 bits per heavy atom. The third-order valence-corrected chi connectivity index (χ3v) is 3.60. The molecule has 1 fully saturated rings. The standard InChI is InChI=1S/C13H18BrN3O/c1-10(13(18)17-7-3-2-4-8-17)16-12-6-5-11(14)9-15-12/h5-6,9-10H,2-4,7-8H2,1H3,(H,15,16). The molecule has 5 heteroatoms. The summed E-state index contributed by atoms with van der Waals surface area (Å²) in [5.74, 6) is 0.899. The van der Waals surface area contributed by atoms with Crippen molar-refractivity contribution in [2.75, 3.05) is 18.4 Å². The number of nitrogens with one attached hydrogen (secondary N) is 1. The fraction of sp³-hybridized carbons (Fsp3) is 0.538. The van der Waals surface area contributed by atoms with Crippen LogP contribution in [0.2, 0.25) is 0 Å². The fourth-order valence-electron chi connectivity index (χ4n) is 2.13. The first-order valence-electron chi connectivity index (χ1n) is 6.34. The molecule has 2 heterocycles. The zero-order valence-corrected chi connectivity index (χ0v) is 12.1. The van der Waals surface area contributed by atoms with Crippen LogP contribution in [0.15, 0.2) is 22.8 Å². The largest absolute Gasteiger partial charge is 0.359 e. The van der Waals surface area contributed by atoms with Crippen LogP contribution in [0.1, 0.15) is 26.2 Å². The van der Waals surface area contributed by atoms with Crippen LogP contribution in [0.4, 0.5) is 5.82 Å². The number of amides is 1. The summed E-state index contributed by atoms with van der Waals surface area (Å²) in [6, 6.07) is 3.55. The lowest BCUT2D eigenvalue weighted by Gasteiger charge is -2.29. The number of likely N-dealkylation sites (tertiary alicyclic amines) is 1. The highest BCUT2D eigenvalue weighted by Gasteiger charge is 2.21. The average Bonchev–Trinajstić information content (AvgIpc) is 2.41. The molecule has 0 spiro atoms. The third-order valence-electron chi connectivity index (χ3n) is 3.13. The van der Waals surface area contributed by atoms with Gasteiger partial charge in [-0.15, -0.1) is 0 Å². The van der Waals surface area contributed by atoms with Gasteiger partial charge in [0.2, 0.25) is 5.91 Å². The number of rotatable bonds is 3. The van der Waals surface area contributed by atoms with Crippen LogP contribution in [-0.2, 0) is 4.79 Å². The second-order valence-electron chi connectivity index (χ2n) is 4.61. The van der Waals surface area contributed by atoms with E-state index < -0.39 is 0 Å². The topological polar surface area (TPSA) is 45.2 Å². The normalized spacial score (nSPS) is 17.3. The summed E-state index contributed by atoms with van der Waals surface area (Å²) in [4.78, 5) is 18.4. The number of carbonyl (C=O) groups is 1. The third kappa shape index (κ3) is 3.45. The maximum atomic E-state index is 12.2. The summed E-state index contributed by atoms with van der Waals surface area (Å²) in [6.07, 6.45) is 5.20. The molecule has 0 aliphatic carbocycles. The molecule has 1 N–H and O–H groups in total. The Labute approximate surface area is 116 Å². The van der Waals surface area contributed by atoms with Gasteiger partial charge in [-0.05, 0) is 54.2 Å². The van der Waals surface area contributed by atoms with Gasteiger partial charge in [-0.25, -0.2) is 4.98 Å². The lowest BCUT2D eigenvalue weighted by molar-refractivity contribution is -0.132. The summed E-state index contributed by atoms with van der Waals surface area (Å²) in [7, 11) is 0. The molecule has 98 valence electrons. The molecule has 1 aromatic heterocycles. The first kappa shape index (κ1) is 13.3. The van der Waals surface area contributed by atoms with E-state index >= 15 is 0 Å². The van der Waals surface area contributed by atoms with Crippen LogP contribution in [-0.4, -0.2) is 34.9 Å². The first-order valence-corrected chi connectivity index (χ1v) is 7.13. The fourth-order valence-corrected chi connectivity index (χ4v) is 2.37. The van der Waals surface area contributed by atoms with E-state index in [1.807, 2.05) is 24.0 Å². The van der Waals surface area contributed by atoms with E-state index in [0.717, 1.165) is 36.2 Å². The Morgan fingerprint density at radius 1 is 1.39 bits per heavy atom. The average molecular weight is 312 g/mol. The molecular weight excluding hydrogens is 294 g/mol. The van der Waals surface area contributed by atoms with E-state index in [-0.39, 0.29) is 11.9 Å². The molecular formula is C13H18BrN3O. The molecule has 1 aliphatic heterocycles. The molecule has 1 amide bonds. The number of anilines is 1. The van der Waals surface area contributed by atoms with Gasteiger partial charge in [0.05, 0.1) is 0 Å². The van der Waals surface area contributed by atoms with E-state index in [4.69, 9.17) is 0 Å². The second-order valence-corrected chi connectivity index (χ2v) is 5.53. The predicted molar refractivity (Wildman–Crippen MR) is 75.5 cm³/mol. The van der Waals surface area contributed by atoms with Crippen molar-refractivity contribution in [3.8, 4) is 0 Å². The van der Waals surface area contributed by atoms with Gasteiger partial charge in [-0.3, -0.25) is 4.79 Å². The van der Waals surface area contributed by atoms with Gasteiger partial charge in [0.25, 0.3) is 0 Å². The van der Waals surface area contributed by atoms with Crippen molar-refractivity contribution in [1.82, 2.24) is 9.88 Å².